The molecule has 0 bridgehead atoms. The molecule has 2 aromatic carbocycles. The first-order valence-electron chi connectivity index (χ1n) is 7.27. The molecule has 0 spiro atoms. The standard InChI is InChI=1S/C16H14F2O7S/c17-16(18,26-25-24-21)15(20)23-10-14(19)22-9-8-12-6-3-5-11-4-1-2-7-13(11)12/h1-7,21H,8-10H2. The lowest BCUT2D eigenvalue weighted by atomic mass is 10.0. The highest BCUT2D eigenvalue weighted by Gasteiger charge is 2.44. The van der Waals surface area contributed by atoms with Crippen molar-refractivity contribution in [2.45, 2.75) is 11.7 Å². The van der Waals surface area contributed by atoms with Gasteiger partial charge in [-0.3, -0.25) is 0 Å². The number of hydrogen-bond donors (Lipinski definition) is 1. The number of benzene rings is 2. The molecule has 10 heteroatoms. The van der Waals surface area contributed by atoms with Crippen molar-refractivity contribution in [2.24, 2.45) is 0 Å². The quantitative estimate of drug-likeness (QED) is 0.303. The van der Waals surface area contributed by atoms with Crippen molar-refractivity contribution < 1.29 is 42.5 Å². The minimum Gasteiger partial charge on any atom is -0.463 e. The molecule has 0 saturated heterocycles. The number of esters is 2. The molecule has 0 aliphatic carbocycles. The molecule has 0 atom stereocenters. The normalized spacial score (nSPS) is 11.3. The largest absolute Gasteiger partial charge is 0.463 e. The summed E-state index contributed by atoms with van der Waals surface area (Å²) in [5.74, 6) is -3.01. The molecule has 0 heterocycles. The van der Waals surface area contributed by atoms with E-state index in [1.807, 2.05) is 42.5 Å². The third-order valence-electron chi connectivity index (χ3n) is 3.24. The van der Waals surface area contributed by atoms with Crippen molar-refractivity contribution in [1.29, 1.82) is 0 Å². The zero-order chi connectivity index (χ0) is 19.0. The highest BCUT2D eigenvalue weighted by Crippen LogP contribution is 2.31. The van der Waals surface area contributed by atoms with Crippen molar-refractivity contribution in [3.05, 3.63) is 48.0 Å². The highest BCUT2D eigenvalue weighted by atomic mass is 32.2. The first kappa shape index (κ1) is 20.0. The maximum absolute atomic E-state index is 13.1. The molecule has 0 fully saturated rings. The summed E-state index contributed by atoms with van der Waals surface area (Å²) in [5.41, 5.74) is 0.956. The lowest BCUT2D eigenvalue weighted by Gasteiger charge is -2.12. The van der Waals surface area contributed by atoms with Gasteiger partial charge in [0.1, 0.15) is 12.0 Å². The Hall–Kier alpha value is -2.27. The molecule has 2 aromatic rings. The number of ether oxygens (including phenoxy) is 2. The molecular weight excluding hydrogens is 374 g/mol. The van der Waals surface area contributed by atoms with Gasteiger partial charge in [-0.1, -0.05) is 47.5 Å². The fourth-order valence-electron chi connectivity index (χ4n) is 2.13. The third-order valence-corrected chi connectivity index (χ3v) is 3.75. The predicted molar refractivity (Wildman–Crippen MR) is 86.9 cm³/mol. The predicted octanol–water partition coefficient (Wildman–Crippen LogP) is 3.13. The van der Waals surface area contributed by atoms with E-state index < -0.39 is 35.8 Å². The second kappa shape index (κ2) is 9.43. The van der Waals surface area contributed by atoms with E-state index in [1.54, 1.807) is 0 Å². The lowest BCUT2D eigenvalue weighted by Crippen LogP contribution is -2.30. The summed E-state index contributed by atoms with van der Waals surface area (Å²) >= 11 is -0.778. The zero-order valence-electron chi connectivity index (χ0n) is 13.2. The molecule has 0 aliphatic rings. The molecule has 26 heavy (non-hydrogen) atoms. The Morgan fingerprint density at radius 1 is 1.08 bits per heavy atom. The first-order chi connectivity index (χ1) is 12.4. The number of rotatable bonds is 9. The molecule has 0 saturated carbocycles. The van der Waals surface area contributed by atoms with E-state index in [2.05, 4.69) is 14.1 Å². The molecule has 0 aromatic heterocycles. The van der Waals surface area contributed by atoms with E-state index in [-0.39, 0.29) is 6.61 Å². The van der Waals surface area contributed by atoms with Crippen LogP contribution in [0.1, 0.15) is 5.56 Å². The molecule has 2 rings (SSSR count). The van der Waals surface area contributed by atoms with Gasteiger partial charge in [0, 0.05) is 6.42 Å². The van der Waals surface area contributed by atoms with E-state index in [4.69, 9.17) is 9.99 Å². The van der Waals surface area contributed by atoms with Crippen molar-refractivity contribution in [2.75, 3.05) is 13.2 Å². The maximum Gasteiger partial charge on any atom is 0.415 e. The third kappa shape index (κ3) is 5.63. The number of hydrogen-bond acceptors (Lipinski definition) is 8. The Bertz CT molecular complexity index is 764. The van der Waals surface area contributed by atoms with Gasteiger partial charge in [-0.25, -0.2) is 14.8 Å². The van der Waals surface area contributed by atoms with Gasteiger partial charge in [0.05, 0.1) is 6.61 Å². The van der Waals surface area contributed by atoms with Crippen LogP contribution in [0.25, 0.3) is 10.8 Å². The number of carbonyl (C=O) groups is 2. The van der Waals surface area contributed by atoms with Crippen LogP contribution in [0, 0.1) is 0 Å². The summed E-state index contributed by atoms with van der Waals surface area (Å²) in [4.78, 5) is 22.6. The second-order valence-electron chi connectivity index (χ2n) is 4.93. The van der Waals surface area contributed by atoms with Crippen molar-refractivity contribution in [3.63, 3.8) is 0 Å². The number of carbonyl (C=O) groups excluding carboxylic acids is 2. The summed E-state index contributed by atoms with van der Waals surface area (Å²) in [5, 5.41) is 8.64. The fraction of sp³-hybridized carbons (Fsp3) is 0.250. The first-order valence-corrected chi connectivity index (χ1v) is 8.01. The monoisotopic (exact) mass is 388 g/mol. The SMILES string of the molecule is O=C(COC(=O)C(F)(F)SOOO)OCCc1cccc2ccccc12. The zero-order valence-corrected chi connectivity index (χ0v) is 14.0. The number of halogens is 2. The summed E-state index contributed by atoms with van der Waals surface area (Å²) in [6, 6.07) is 13.4. The molecule has 0 amide bonds. The van der Waals surface area contributed by atoms with Gasteiger partial charge >= 0.3 is 17.2 Å². The van der Waals surface area contributed by atoms with Crippen LogP contribution >= 0.6 is 12.0 Å². The smallest absolute Gasteiger partial charge is 0.415 e. The van der Waals surface area contributed by atoms with Crippen LogP contribution in [0.2, 0.25) is 0 Å². The van der Waals surface area contributed by atoms with E-state index in [1.165, 1.54) is 0 Å². The fourth-order valence-corrected chi connectivity index (χ4v) is 2.37. The van der Waals surface area contributed by atoms with Crippen LogP contribution in [-0.4, -0.2) is 35.7 Å². The Morgan fingerprint density at radius 2 is 1.81 bits per heavy atom. The molecule has 0 unspecified atom stereocenters. The molecule has 0 radical (unpaired) electrons. The minimum absolute atomic E-state index is 0.00298. The van der Waals surface area contributed by atoms with E-state index in [0.717, 1.165) is 16.3 Å². The summed E-state index contributed by atoms with van der Waals surface area (Å²) < 4.78 is 38.7. The van der Waals surface area contributed by atoms with E-state index in [9.17, 15) is 18.4 Å². The van der Waals surface area contributed by atoms with E-state index >= 15 is 0 Å². The summed E-state index contributed by atoms with van der Waals surface area (Å²) in [7, 11) is 0. The molecule has 140 valence electrons. The molecule has 0 aliphatic heterocycles. The number of alkyl halides is 2. The Labute approximate surface area is 150 Å². The molecule has 7 nitrogen and oxygen atoms in total. The minimum atomic E-state index is -4.16. The molecular formula is C16H14F2O7S. The van der Waals surface area contributed by atoms with Gasteiger partial charge in [0.2, 0.25) is 0 Å². The van der Waals surface area contributed by atoms with Crippen LogP contribution in [-0.2, 0) is 34.9 Å². The van der Waals surface area contributed by atoms with Gasteiger partial charge in [-0.15, -0.1) is 4.33 Å². The lowest BCUT2D eigenvalue weighted by molar-refractivity contribution is -0.433. The second-order valence-corrected chi connectivity index (χ2v) is 5.74. The average Bonchev–Trinajstić information content (AvgIpc) is 2.64. The maximum atomic E-state index is 13.1. The van der Waals surface area contributed by atoms with Gasteiger partial charge in [-0.2, -0.15) is 8.78 Å². The van der Waals surface area contributed by atoms with Crippen molar-refractivity contribution in [3.8, 4) is 0 Å². The summed E-state index contributed by atoms with van der Waals surface area (Å²) in [6.45, 7) is -0.985. The van der Waals surface area contributed by atoms with E-state index in [0.29, 0.717) is 6.42 Å². The average molecular weight is 388 g/mol. The van der Waals surface area contributed by atoms with Gasteiger partial charge < -0.3 is 9.47 Å². The van der Waals surface area contributed by atoms with Crippen LogP contribution in [0.3, 0.4) is 0 Å². The molecule has 1 N–H and O–H groups in total. The van der Waals surface area contributed by atoms with Crippen molar-refractivity contribution in [1.82, 2.24) is 0 Å². The van der Waals surface area contributed by atoms with Gasteiger partial charge in [-0.05, 0) is 16.3 Å². The Balaban J connectivity index is 1.77. The van der Waals surface area contributed by atoms with Crippen LogP contribution in [0.15, 0.2) is 42.5 Å². The van der Waals surface area contributed by atoms with Crippen LogP contribution in [0.5, 0.6) is 0 Å². The topological polar surface area (TPSA) is 91.3 Å². The van der Waals surface area contributed by atoms with Crippen LogP contribution in [0.4, 0.5) is 8.78 Å². The Morgan fingerprint density at radius 3 is 2.58 bits per heavy atom. The van der Waals surface area contributed by atoms with Gasteiger partial charge in [0.25, 0.3) is 0 Å². The highest BCUT2D eigenvalue weighted by molar-refractivity contribution is 7.96. The Kier molecular flexibility index (Phi) is 7.27. The number of fused-ring (bicyclic) bond motifs is 1. The van der Waals surface area contributed by atoms with Crippen LogP contribution < -0.4 is 0 Å². The van der Waals surface area contributed by atoms with Crippen molar-refractivity contribution >= 4 is 34.8 Å². The summed E-state index contributed by atoms with van der Waals surface area (Å²) in [6.07, 6.45) is 0.411. The van der Waals surface area contributed by atoms with Gasteiger partial charge in [0.15, 0.2) is 6.61 Å².